The van der Waals surface area contributed by atoms with Crippen LogP contribution in [-0.2, 0) is 11.3 Å². The Morgan fingerprint density at radius 1 is 0.923 bits per heavy atom. The van der Waals surface area contributed by atoms with Crippen LogP contribution in [-0.4, -0.2) is 5.91 Å². The molecular weight excluding hydrogens is 364 g/mol. The Kier molecular flexibility index (Phi) is 5.35. The SMILES string of the molecule is Cc1cc(C)c[n+](CC(=O)N2c3ccccc3Sc3ccccc32)c1.[Cl-]. The highest BCUT2D eigenvalue weighted by atomic mass is 35.5. The van der Waals surface area contributed by atoms with Gasteiger partial charge in [0, 0.05) is 20.9 Å². The number of carbonyl (C=O) groups excluding carboxylic acids is 1. The van der Waals surface area contributed by atoms with Gasteiger partial charge in [-0.15, -0.1) is 0 Å². The zero-order valence-electron chi connectivity index (χ0n) is 14.6. The predicted octanol–water partition coefficient (Wildman–Crippen LogP) is 1.42. The van der Waals surface area contributed by atoms with Gasteiger partial charge in [-0.1, -0.05) is 36.0 Å². The number of benzene rings is 2. The first kappa shape index (κ1) is 18.5. The molecule has 1 aromatic heterocycles. The number of halogens is 1. The molecule has 0 unspecified atom stereocenters. The van der Waals surface area contributed by atoms with E-state index in [1.807, 2.05) is 58.3 Å². The van der Waals surface area contributed by atoms with Crippen molar-refractivity contribution < 1.29 is 21.8 Å². The summed E-state index contributed by atoms with van der Waals surface area (Å²) >= 11 is 1.71. The van der Waals surface area contributed by atoms with Crippen LogP contribution in [0.5, 0.6) is 0 Å². The molecule has 0 aliphatic carbocycles. The normalized spacial score (nSPS) is 12.0. The molecule has 1 aliphatic rings. The highest BCUT2D eigenvalue weighted by Crippen LogP contribution is 2.47. The molecule has 0 radical (unpaired) electrons. The average Bonchev–Trinajstić information content (AvgIpc) is 2.58. The minimum atomic E-state index is 0. The van der Waals surface area contributed by atoms with Crippen LogP contribution in [0.2, 0.25) is 0 Å². The summed E-state index contributed by atoms with van der Waals surface area (Å²) in [6.07, 6.45) is 4.03. The van der Waals surface area contributed by atoms with Gasteiger partial charge in [0.25, 0.3) is 5.91 Å². The largest absolute Gasteiger partial charge is 1.00 e. The standard InChI is InChI=1S/C21H19N2OS.ClH/c1-15-11-16(2)13-22(12-15)14-21(24)23-17-7-3-5-9-19(17)25-20-10-6-4-8-18(20)23;/h3-13H,14H2,1-2H3;1H/q+1;/p-1. The molecule has 5 heteroatoms. The topological polar surface area (TPSA) is 24.2 Å². The van der Waals surface area contributed by atoms with Crippen LogP contribution < -0.4 is 21.9 Å². The smallest absolute Gasteiger partial charge is 0.297 e. The average molecular weight is 383 g/mol. The van der Waals surface area contributed by atoms with Crippen molar-refractivity contribution in [2.45, 2.75) is 30.2 Å². The molecular formula is C21H19ClN2OS. The molecule has 26 heavy (non-hydrogen) atoms. The summed E-state index contributed by atoms with van der Waals surface area (Å²) in [6, 6.07) is 18.3. The number of fused-ring (bicyclic) bond motifs is 2. The first-order chi connectivity index (χ1) is 12.1. The van der Waals surface area contributed by atoms with Gasteiger partial charge in [0.05, 0.1) is 11.4 Å². The van der Waals surface area contributed by atoms with Crippen molar-refractivity contribution in [1.82, 2.24) is 0 Å². The Labute approximate surface area is 164 Å². The number of anilines is 2. The van der Waals surface area contributed by atoms with Gasteiger partial charge in [-0.25, -0.2) is 0 Å². The fourth-order valence-corrected chi connectivity index (χ4v) is 4.34. The maximum absolute atomic E-state index is 13.2. The number of aryl methyl sites for hydroxylation is 2. The van der Waals surface area contributed by atoms with Crippen molar-refractivity contribution in [3.05, 3.63) is 78.1 Å². The number of hydrogen-bond donors (Lipinski definition) is 0. The van der Waals surface area contributed by atoms with E-state index < -0.39 is 0 Å². The number of amides is 1. The Balaban J connectivity index is 0.00000196. The van der Waals surface area contributed by atoms with E-state index in [9.17, 15) is 4.79 Å². The summed E-state index contributed by atoms with van der Waals surface area (Å²) in [5, 5.41) is 0. The molecule has 3 aromatic rings. The molecule has 0 spiro atoms. The zero-order chi connectivity index (χ0) is 17.4. The quantitative estimate of drug-likeness (QED) is 0.626. The molecule has 1 amide bonds. The van der Waals surface area contributed by atoms with Crippen LogP contribution >= 0.6 is 11.8 Å². The van der Waals surface area contributed by atoms with Crippen LogP contribution in [0.3, 0.4) is 0 Å². The predicted molar refractivity (Wildman–Crippen MR) is 100 cm³/mol. The summed E-state index contributed by atoms with van der Waals surface area (Å²) in [7, 11) is 0. The van der Waals surface area contributed by atoms with Gasteiger partial charge in [-0.2, -0.15) is 4.57 Å². The fourth-order valence-electron chi connectivity index (χ4n) is 3.29. The van der Waals surface area contributed by atoms with E-state index in [-0.39, 0.29) is 18.3 Å². The zero-order valence-corrected chi connectivity index (χ0v) is 16.2. The summed E-state index contributed by atoms with van der Waals surface area (Å²) in [6.45, 7) is 4.42. The third kappa shape index (κ3) is 3.48. The van der Waals surface area contributed by atoms with Crippen molar-refractivity contribution in [2.75, 3.05) is 4.90 Å². The second-order valence-electron chi connectivity index (χ2n) is 6.33. The first-order valence-electron chi connectivity index (χ1n) is 8.28. The second kappa shape index (κ2) is 7.52. The number of hydrogen-bond acceptors (Lipinski definition) is 2. The summed E-state index contributed by atoms with van der Waals surface area (Å²) in [5.74, 6) is 0.0650. The molecule has 0 saturated carbocycles. The van der Waals surface area contributed by atoms with E-state index in [1.54, 1.807) is 11.8 Å². The Morgan fingerprint density at radius 2 is 1.42 bits per heavy atom. The van der Waals surface area contributed by atoms with Gasteiger partial charge in [0.1, 0.15) is 0 Å². The molecule has 2 aromatic carbocycles. The number of carbonyl (C=O) groups is 1. The maximum Gasteiger partial charge on any atom is 0.297 e. The van der Waals surface area contributed by atoms with Crippen LogP contribution in [0.1, 0.15) is 11.1 Å². The van der Waals surface area contributed by atoms with Crippen LogP contribution in [0.4, 0.5) is 11.4 Å². The summed E-state index contributed by atoms with van der Waals surface area (Å²) in [5.41, 5.74) is 4.23. The van der Waals surface area contributed by atoms with Gasteiger partial charge < -0.3 is 12.4 Å². The van der Waals surface area contributed by atoms with Gasteiger partial charge in [0.15, 0.2) is 12.4 Å². The molecule has 3 nitrogen and oxygen atoms in total. The van der Waals surface area contributed by atoms with Crippen molar-refractivity contribution in [1.29, 1.82) is 0 Å². The van der Waals surface area contributed by atoms with E-state index in [0.717, 1.165) is 32.3 Å². The van der Waals surface area contributed by atoms with E-state index in [4.69, 9.17) is 0 Å². The summed E-state index contributed by atoms with van der Waals surface area (Å²) < 4.78 is 1.97. The van der Waals surface area contributed by atoms with Crippen molar-refractivity contribution >= 4 is 29.0 Å². The highest BCUT2D eigenvalue weighted by molar-refractivity contribution is 7.99. The van der Waals surface area contributed by atoms with Gasteiger partial charge >= 0.3 is 0 Å². The molecule has 4 rings (SSSR count). The Bertz CT molecular complexity index is 908. The number of rotatable bonds is 2. The third-order valence-corrected chi connectivity index (χ3v) is 5.32. The van der Waals surface area contributed by atoms with Gasteiger partial charge in [-0.3, -0.25) is 9.69 Å². The van der Waals surface area contributed by atoms with E-state index in [1.165, 1.54) is 0 Å². The molecule has 0 N–H and O–H groups in total. The maximum atomic E-state index is 13.2. The first-order valence-corrected chi connectivity index (χ1v) is 9.10. The minimum Gasteiger partial charge on any atom is -1.00 e. The highest BCUT2D eigenvalue weighted by Gasteiger charge is 2.29. The number of para-hydroxylation sites is 2. The molecule has 2 heterocycles. The number of pyridine rings is 1. The lowest BCUT2D eigenvalue weighted by Gasteiger charge is -2.30. The van der Waals surface area contributed by atoms with Crippen LogP contribution in [0.15, 0.2) is 76.8 Å². The van der Waals surface area contributed by atoms with Crippen LogP contribution in [0, 0.1) is 13.8 Å². The molecule has 0 bridgehead atoms. The van der Waals surface area contributed by atoms with Crippen molar-refractivity contribution in [3.63, 3.8) is 0 Å². The molecule has 132 valence electrons. The van der Waals surface area contributed by atoms with Gasteiger partial charge in [0.2, 0.25) is 6.54 Å². The second-order valence-corrected chi connectivity index (χ2v) is 7.41. The van der Waals surface area contributed by atoms with E-state index in [2.05, 4.69) is 32.0 Å². The molecule has 0 fully saturated rings. The molecule has 0 atom stereocenters. The van der Waals surface area contributed by atoms with Crippen molar-refractivity contribution in [2.24, 2.45) is 0 Å². The Morgan fingerprint density at radius 3 is 1.96 bits per heavy atom. The molecule has 1 aliphatic heterocycles. The monoisotopic (exact) mass is 382 g/mol. The number of aromatic nitrogens is 1. The third-order valence-electron chi connectivity index (χ3n) is 4.19. The van der Waals surface area contributed by atoms with E-state index >= 15 is 0 Å². The lowest BCUT2D eigenvalue weighted by molar-refractivity contribution is -0.684. The lowest BCUT2D eigenvalue weighted by Crippen LogP contribution is -3.00. The van der Waals surface area contributed by atoms with Crippen LogP contribution in [0.25, 0.3) is 0 Å². The minimum absolute atomic E-state index is 0. The Hall–Kier alpha value is -2.30. The summed E-state index contributed by atoms with van der Waals surface area (Å²) in [4.78, 5) is 17.3. The van der Waals surface area contributed by atoms with E-state index in [0.29, 0.717) is 6.54 Å². The number of nitrogens with zero attached hydrogens (tertiary/aromatic N) is 2. The fraction of sp³-hybridized carbons (Fsp3) is 0.143. The van der Waals surface area contributed by atoms with Gasteiger partial charge in [-0.05, 0) is 44.2 Å². The lowest BCUT2D eigenvalue weighted by atomic mass is 10.2. The van der Waals surface area contributed by atoms with Crippen molar-refractivity contribution in [3.8, 4) is 0 Å². The molecule has 0 saturated heterocycles.